The van der Waals surface area contributed by atoms with E-state index in [1.807, 2.05) is 27.7 Å². The summed E-state index contributed by atoms with van der Waals surface area (Å²) in [5.74, 6) is 0.492. The zero-order chi connectivity index (χ0) is 23.2. The van der Waals surface area contributed by atoms with Crippen molar-refractivity contribution in [3.05, 3.63) is 49.5 Å². The summed E-state index contributed by atoms with van der Waals surface area (Å²) in [6.45, 7) is 12.2. The summed E-state index contributed by atoms with van der Waals surface area (Å²) in [4.78, 5) is 10.7. The molecule has 1 aliphatic heterocycles. The minimum Gasteiger partial charge on any atom is -0.362 e. The first-order valence-corrected chi connectivity index (χ1v) is 13.8. The van der Waals surface area contributed by atoms with Gasteiger partial charge < -0.3 is 13.8 Å². The Balaban J connectivity index is 2.63. The highest BCUT2D eigenvalue weighted by molar-refractivity contribution is 8.22. The molecule has 1 aromatic rings. The Hall–Kier alpha value is -0.830. The Morgan fingerprint density at radius 3 is 2.19 bits per heavy atom. The maximum Gasteiger partial charge on any atom is 0.359 e. The van der Waals surface area contributed by atoms with Gasteiger partial charge in [-0.1, -0.05) is 30.8 Å². The standard InChI is InChI=1S/C21H32NO6PS2/c1-7-26-29(25,27-8-2)19-17(15-10-12-16(13-11-15)22(23)24)14-18(28-21(4,5)6)31-20(19)30-9-3/h10-13,17-18H,7-9,14H2,1-6H3/t17-,18+/m0/s1. The normalized spacial score (nSPS) is 20.2. The van der Waals surface area contributed by atoms with E-state index < -0.39 is 12.5 Å². The molecule has 1 aliphatic rings. The number of nitro groups is 1. The molecule has 0 aliphatic carbocycles. The minimum absolute atomic E-state index is 0.0166. The number of benzene rings is 1. The van der Waals surface area contributed by atoms with Gasteiger partial charge in [-0.05, 0) is 52.4 Å². The molecule has 0 bridgehead atoms. The van der Waals surface area contributed by atoms with Crippen LogP contribution in [-0.4, -0.2) is 34.9 Å². The van der Waals surface area contributed by atoms with Crippen molar-refractivity contribution in [2.24, 2.45) is 0 Å². The Kier molecular flexibility index (Phi) is 9.67. The number of non-ortho nitro benzene ring substituents is 1. The van der Waals surface area contributed by atoms with E-state index in [1.165, 1.54) is 12.1 Å². The first-order valence-electron chi connectivity index (χ1n) is 10.4. The summed E-state index contributed by atoms with van der Waals surface area (Å²) in [6.07, 6.45) is 0.562. The van der Waals surface area contributed by atoms with Gasteiger partial charge in [0.05, 0.1) is 33.3 Å². The van der Waals surface area contributed by atoms with Gasteiger partial charge in [-0.3, -0.25) is 14.7 Å². The quantitative estimate of drug-likeness (QED) is 0.195. The molecule has 10 heteroatoms. The Labute approximate surface area is 193 Å². The van der Waals surface area contributed by atoms with Crippen molar-refractivity contribution in [2.75, 3.05) is 19.0 Å². The third-order valence-electron chi connectivity index (χ3n) is 4.37. The van der Waals surface area contributed by atoms with Crippen molar-refractivity contribution < 1.29 is 23.3 Å². The third-order valence-corrected chi connectivity index (χ3v) is 9.39. The smallest absolute Gasteiger partial charge is 0.359 e. The van der Waals surface area contributed by atoms with Crippen LogP contribution in [-0.2, 0) is 18.3 Å². The van der Waals surface area contributed by atoms with Crippen molar-refractivity contribution in [2.45, 2.75) is 64.9 Å². The molecule has 2 atom stereocenters. The molecule has 1 aromatic carbocycles. The fourth-order valence-electron chi connectivity index (χ4n) is 3.32. The second kappa shape index (κ2) is 11.3. The van der Waals surface area contributed by atoms with Crippen LogP contribution in [0.2, 0.25) is 0 Å². The summed E-state index contributed by atoms with van der Waals surface area (Å²) in [7, 11) is -3.56. The summed E-state index contributed by atoms with van der Waals surface area (Å²) >= 11 is 3.15. The van der Waals surface area contributed by atoms with E-state index in [0.29, 0.717) is 11.7 Å². The number of rotatable bonds is 10. The number of allylic oxidation sites excluding steroid dienone is 1. The molecule has 31 heavy (non-hydrogen) atoms. The summed E-state index contributed by atoms with van der Waals surface area (Å²) in [5.41, 5.74) is 0.343. The number of ether oxygens (including phenoxy) is 1. The van der Waals surface area contributed by atoms with Crippen LogP contribution in [0.4, 0.5) is 5.69 Å². The first kappa shape index (κ1) is 26.4. The second-order valence-corrected chi connectivity index (χ2v) is 12.5. The number of nitro benzene ring substituents is 1. The number of nitrogens with zero attached hydrogens (tertiary/aromatic N) is 1. The highest BCUT2D eigenvalue weighted by Gasteiger charge is 2.44. The molecule has 1 heterocycles. The lowest BCUT2D eigenvalue weighted by Gasteiger charge is -2.38. The minimum atomic E-state index is -3.56. The summed E-state index contributed by atoms with van der Waals surface area (Å²) in [6, 6.07) is 6.41. The SMILES string of the molecule is CCOP(=O)(OCC)C1=C(SCC)S[C@@H](OC(C)(C)C)C[C@H]1c1ccc([N+](=O)[O-])cc1. The number of hydrogen-bond donors (Lipinski definition) is 0. The molecule has 0 saturated carbocycles. The van der Waals surface area contributed by atoms with E-state index in [0.717, 1.165) is 15.6 Å². The summed E-state index contributed by atoms with van der Waals surface area (Å²) in [5, 5.41) is 11.7. The first-order chi connectivity index (χ1) is 14.5. The van der Waals surface area contributed by atoms with Crippen molar-refractivity contribution in [3.8, 4) is 0 Å². The van der Waals surface area contributed by atoms with Gasteiger partial charge in [0.25, 0.3) is 5.69 Å². The highest BCUT2D eigenvalue weighted by Crippen LogP contribution is 2.67. The maximum atomic E-state index is 13.9. The zero-order valence-corrected chi connectivity index (χ0v) is 21.5. The van der Waals surface area contributed by atoms with E-state index in [1.54, 1.807) is 49.5 Å². The molecular weight excluding hydrogens is 457 g/mol. The lowest BCUT2D eigenvalue weighted by molar-refractivity contribution is -0.384. The van der Waals surface area contributed by atoms with E-state index in [4.69, 9.17) is 13.8 Å². The molecule has 2 rings (SSSR count). The lowest BCUT2D eigenvalue weighted by Crippen LogP contribution is -2.29. The van der Waals surface area contributed by atoms with Crippen LogP contribution >= 0.6 is 31.1 Å². The largest absolute Gasteiger partial charge is 0.362 e. The average Bonchev–Trinajstić information content (AvgIpc) is 2.67. The number of hydrogen-bond acceptors (Lipinski definition) is 8. The van der Waals surface area contributed by atoms with Gasteiger partial charge >= 0.3 is 7.60 Å². The predicted octanol–water partition coefficient (Wildman–Crippen LogP) is 7.14. The maximum absolute atomic E-state index is 13.9. The van der Waals surface area contributed by atoms with E-state index >= 15 is 0 Å². The van der Waals surface area contributed by atoms with Crippen LogP contribution in [0.5, 0.6) is 0 Å². The van der Waals surface area contributed by atoms with E-state index in [-0.39, 0.29) is 35.9 Å². The van der Waals surface area contributed by atoms with Gasteiger partial charge in [0.15, 0.2) is 0 Å². The topological polar surface area (TPSA) is 87.9 Å². The Morgan fingerprint density at radius 2 is 1.74 bits per heavy atom. The van der Waals surface area contributed by atoms with Crippen LogP contribution in [0.25, 0.3) is 0 Å². The van der Waals surface area contributed by atoms with Gasteiger partial charge in [0.1, 0.15) is 5.44 Å². The van der Waals surface area contributed by atoms with E-state index in [2.05, 4.69) is 0 Å². The van der Waals surface area contributed by atoms with Gasteiger partial charge in [-0.2, -0.15) is 0 Å². The third kappa shape index (κ3) is 7.07. The molecule has 0 aromatic heterocycles. The zero-order valence-electron chi connectivity index (χ0n) is 19.0. The second-order valence-electron chi connectivity index (χ2n) is 7.85. The molecule has 0 fully saturated rings. The number of thioether (sulfide) groups is 2. The Morgan fingerprint density at radius 1 is 1.16 bits per heavy atom. The van der Waals surface area contributed by atoms with Crippen molar-refractivity contribution >= 4 is 36.8 Å². The average molecular weight is 490 g/mol. The van der Waals surface area contributed by atoms with Crippen molar-refractivity contribution in [1.29, 1.82) is 0 Å². The fourth-order valence-corrected chi connectivity index (χ4v) is 8.86. The molecule has 0 unspecified atom stereocenters. The lowest BCUT2D eigenvalue weighted by atomic mass is 9.95. The van der Waals surface area contributed by atoms with Crippen LogP contribution < -0.4 is 0 Å². The van der Waals surface area contributed by atoms with Crippen molar-refractivity contribution in [1.82, 2.24) is 0 Å². The Bertz CT molecular complexity index is 827. The molecular formula is C21H32NO6PS2. The fraction of sp³-hybridized carbons (Fsp3) is 0.619. The molecule has 0 saturated heterocycles. The van der Waals surface area contributed by atoms with Crippen LogP contribution in [0.15, 0.2) is 33.8 Å². The van der Waals surface area contributed by atoms with Gasteiger partial charge in [-0.25, -0.2) is 0 Å². The van der Waals surface area contributed by atoms with Crippen molar-refractivity contribution in [3.63, 3.8) is 0 Å². The van der Waals surface area contributed by atoms with Gasteiger partial charge in [-0.15, -0.1) is 11.8 Å². The van der Waals surface area contributed by atoms with Crippen LogP contribution in [0.3, 0.4) is 0 Å². The van der Waals surface area contributed by atoms with Gasteiger partial charge in [0.2, 0.25) is 0 Å². The molecule has 7 nitrogen and oxygen atoms in total. The highest BCUT2D eigenvalue weighted by atomic mass is 32.2. The molecule has 0 spiro atoms. The van der Waals surface area contributed by atoms with Crippen LogP contribution in [0, 0.1) is 10.1 Å². The molecule has 0 radical (unpaired) electrons. The summed E-state index contributed by atoms with van der Waals surface area (Å²) < 4.78 is 32.6. The van der Waals surface area contributed by atoms with Gasteiger partial charge in [0, 0.05) is 18.1 Å². The molecule has 0 amide bonds. The predicted molar refractivity (Wildman–Crippen MR) is 129 cm³/mol. The molecule has 0 N–H and O–H groups in total. The van der Waals surface area contributed by atoms with Crippen LogP contribution in [0.1, 0.15) is 59.4 Å². The molecule has 174 valence electrons. The monoisotopic (exact) mass is 489 g/mol. The van der Waals surface area contributed by atoms with E-state index in [9.17, 15) is 14.7 Å².